The second-order valence-corrected chi connectivity index (χ2v) is 6.29. The Labute approximate surface area is 139 Å². The molecule has 0 radical (unpaired) electrons. The molecular formula is C18H28N2O3. The van der Waals surface area contributed by atoms with Gasteiger partial charge in [0.05, 0.1) is 26.4 Å². The van der Waals surface area contributed by atoms with Crippen LogP contribution in [0.4, 0.5) is 0 Å². The van der Waals surface area contributed by atoms with E-state index in [2.05, 4.69) is 26.1 Å². The maximum atomic E-state index is 12.8. The summed E-state index contributed by atoms with van der Waals surface area (Å²) in [4.78, 5) is 14.7. The monoisotopic (exact) mass is 320 g/mol. The van der Waals surface area contributed by atoms with E-state index in [1.807, 2.05) is 29.2 Å². The van der Waals surface area contributed by atoms with Gasteiger partial charge in [-0.25, -0.2) is 0 Å². The summed E-state index contributed by atoms with van der Waals surface area (Å²) in [5.74, 6) is 1.21. The molecule has 1 aromatic rings. The van der Waals surface area contributed by atoms with Gasteiger partial charge in [-0.3, -0.25) is 10.1 Å². The molecule has 5 heteroatoms. The van der Waals surface area contributed by atoms with Gasteiger partial charge in [0.1, 0.15) is 5.75 Å². The molecule has 1 aliphatic heterocycles. The van der Waals surface area contributed by atoms with Crippen molar-refractivity contribution in [3.05, 3.63) is 29.8 Å². The lowest BCUT2D eigenvalue weighted by Crippen LogP contribution is -2.52. The first-order valence-corrected chi connectivity index (χ1v) is 8.30. The molecule has 1 fully saturated rings. The molecular weight excluding hydrogens is 292 g/mol. The van der Waals surface area contributed by atoms with Gasteiger partial charge >= 0.3 is 0 Å². The third-order valence-corrected chi connectivity index (χ3v) is 4.29. The number of carbonyl (C=O) groups is 1. The van der Waals surface area contributed by atoms with E-state index in [0.29, 0.717) is 26.3 Å². The van der Waals surface area contributed by atoms with Crippen LogP contribution in [0, 0.1) is 5.92 Å². The molecule has 1 aromatic carbocycles. The zero-order chi connectivity index (χ0) is 16.8. The first-order chi connectivity index (χ1) is 11.0. The fourth-order valence-electron chi connectivity index (χ4n) is 2.91. The lowest BCUT2D eigenvalue weighted by Gasteiger charge is -2.34. The molecule has 23 heavy (non-hydrogen) atoms. The van der Waals surface area contributed by atoms with Crippen LogP contribution in [0.15, 0.2) is 24.3 Å². The maximum absolute atomic E-state index is 12.8. The van der Waals surface area contributed by atoms with E-state index < -0.39 is 0 Å². The average Bonchev–Trinajstić information content (AvgIpc) is 2.59. The molecule has 0 aliphatic carbocycles. The van der Waals surface area contributed by atoms with E-state index in [4.69, 9.17) is 9.47 Å². The Hall–Kier alpha value is -1.59. The number of hydrogen-bond donors (Lipinski definition) is 1. The Bertz CT molecular complexity index is 513. The molecule has 2 rings (SSSR count). The molecule has 0 spiro atoms. The summed E-state index contributed by atoms with van der Waals surface area (Å²) < 4.78 is 10.8. The molecule has 2 atom stereocenters. The zero-order valence-corrected chi connectivity index (χ0v) is 14.5. The highest BCUT2D eigenvalue weighted by Crippen LogP contribution is 2.25. The fourth-order valence-corrected chi connectivity index (χ4v) is 2.91. The number of methoxy groups -OCH3 is 1. The van der Waals surface area contributed by atoms with E-state index in [9.17, 15) is 4.79 Å². The van der Waals surface area contributed by atoms with Crippen molar-refractivity contribution in [3.63, 3.8) is 0 Å². The molecule has 128 valence electrons. The number of morpholine rings is 1. The highest BCUT2D eigenvalue weighted by atomic mass is 16.5. The van der Waals surface area contributed by atoms with Gasteiger partial charge in [-0.15, -0.1) is 0 Å². The first-order valence-electron chi connectivity index (χ1n) is 8.30. The van der Waals surface area contributed by atoms with Crippen molar-refractivity contribution in [2.24, 2.45) is 5.92 Å². The summed E-state index contributed by atoms with van der Waals surface area (Å²) >= 11 is 0. The number of amides is 1. The van der Waals surface area contributed by atoms with Gasteiger partial charge < -0.3 is 14.4 Å². The summed E-state index contributed by atoms with van der Waals surface area (Å²) in [5.41, 5.74) is 1.07. The summed E-state index contributed by atoms with van der Waals surface area (Å²) in [6.07, 6.45) is 0. The summed E-state index contributed by atoms with van der Waals surface area (Å²) in [6.45, 7) is 8.81. The molecule has 1 saturated heterocycles. The smallest absolute Gasteiger partial charge is 0.240 e. The van der Waals surface area contributed by atoms with Crippen LogP contribution in [-0.4, -0.2) is 50.3 Å². The summed E-state index contributed by atoms with van der Waals surface area (Å²) in [7, 11) is 1.67. The average molecular weight is 320 g/mol. The number of nitrogens with one attached hydrogen (secondary N) is 1. The van der Waals surface area contributed by atoms with Crippen LogP contribution < -0.4 is 10.1 Å². The minimum absolute atomic E-state index is 0.0311. The van der Waals surface area contributed by atoms with Crippen molar-refractivity contribution >= 4 is 5.91 Å². The van der Waals surface area contributed by atoms with E-state index in [-0.39, 0.29) is 23.9 Å². The minimum atomic E-state index is -0.215. The van der Waals surface area contributed by atoms with Gasteiger partial charge in [0.25, 0.3) is 0 Å². The van der Waals surface area contributed by atoms with E-state index >= 15 is 0 Å². The molecule has 1 heterocycles. The van der Waals surface area contributed by atoms with Gasteiger partial charge in [-0.1, -0.05) is 32.0 Å². The Morgan fingerprint density at radius 3 is 2.48 bits per heavy atom. The normalized spacial score (nSPS) is 17.9. The fraction of sp³-hybridized carbons (Fsp3) is 0.611. The highest BCUT2D eigenvalue weighted by Gasteiger charge is 2.29. The van der Waals surface area contributed by atoms with Crippen molar-refractivity contribution < 1.29 is 14.3 Å². The van der Waals surface area contributed by atoms with Gasteiger partial charge in [0.2, 0.25) is 5.91 Å². The van der Waals surface area contributed by atoms with Crippen LogP contribution in [0.5, 0.6) is 5.75 Å². The lowest BCUT2D eigenvalue weighted by molar-refractivity contribution is -0.138. The number of rotatable bonds is 6. The van der Waals surface area contributed by atoms with Crippen LogP contribution in [0.3, 0.4) is 0 Å². The number of para-hydroxylation sites is 1. The lowest BCUT2D eigenvalue weighted by atomic mass is 9.99. The van der Waals surface area contributed by atoms with Crippen LogP contribution in [-0.2, 0) is 9.53 Å². The zero-order valence-electron chi connectivity index (χ0n) is 14.5. The van der Waals surface area contributed by atoms with Crippen LogP contribution in [0.1, 0.15) is 32.4 Å². The van der Waals surface area contributed by atoms with Crippen molar-refractivity contribution in [1.29, 1.82) is 0 Å². The Morgan fingerprint density at radius 2 is 1.87 bits per heavy atom. The molecule has 1 aliphatic rings. The molecule has 0 bridgehead atoms. The van der Waals surface area contributed by atoms with Crippen LogP contribution in [0.25, 0.3) is 0 Å². The predicted molar refractivity (Wildman–Crippen MR) is 90.6 cm³/mol. The van der Waals surface area contributed by atoms with Gasteiger partial charge in [-0.2, -0.15) is 0 Å². The number of benzene rings is 1. The van der Waals surface area contributed by atoms with Gasteiger partial charge in [0, 0.05) is 24.7 Å². The Kier molecular flexibility index (Phi) is 6.42. The van der Waals surface area contributed by atoms with Crippen LogP contribution >= 0.6 is 0 Å². The number of nitrogens with zero attached hydrogens (tertiary/aromatic N) is 1. The Balaban J connectivity index is 2.10. The first kappa shape index (κ1) is 17.8. The van der Waals surface area contributed by atoms with Crippen molar-refractivity contribution in [2.75, 3.05) is 33.4 Å². The highest BCUT2D eigenvalue weighted by molar-refractivity contribution is 5.82. The predicted octanol–water partition coefficient (Wildman–Crippen LogP) is 2.23. The van der Waals surface area contributed by atoms with Gasteiger partial charge in [0.15, 0.2) is 0 Å². The van der Waals surface area contributed by atoms with Gasteiger partial charge in [-0.05, 0) is 18.9 Å². The standard InChI is InChI=1S/C18H28N2O3/c1-13(2)17(18(21)20-9-11-23-12-10-20)19-14(3)15-7-5-6-8-16(15)22-4/h5-8,13-14,17,19H,9-12H2,1-4H3/t14-,17+/m0/s1. The molecule has 1 amide bonds. The quantitative estimate of drug-likeness (QED) is 0.873. The van der Waals surface area contributed by atoms with Crippen LogP contribution in [0.2, 0.25) is 0 Å². The van der Waals surface area contributed by atoms with E-state index in [0.717, 1.165) is 11.3 Å². The maximum Gasteiger partial charge on any atom is 0.240 e. The number of hydrogen-bond acceptors (Lipinski definition) is 4. The third kappa shape index (κ3) is 4.45. The second kappa shape index (κ2) is 8.31. The number of carbonyl (C=O) groups excluding carboxylic acids is 1. The second-order valence-electron chi connectivity index (χ2n) is 6.29. The molecule has 0 unspecified atom stereocenters. The summed E-state index contributed by atoms with van der Waals surface area (Å²) in [6, 6.07) is 7.74. The molecule has 0 saturated carbocycles. The summed E-state index contributed by atoms with van der Waals surface area (Å²) in [5, 5.41) is 3.49. The van der Waals surface area contributed by atoms with Crippen molar-refractivity contribution in [2.45, 2.75) is 32.9 Å². The Morgan fingerprint density at radius 1 is 1.22 bits per heavy atom. The third-order valence-electron chi connectivity index (χ3n) is 4.29. The van der Waals surface area contributed by atoms with E-state index in [1.54, 1.807) is 7.11 Å². The molecule has 0 aromatic heterocycles. The van der Waals surface area contributed by atoms with Crippen molar-refractivity contribution in [1.82, 2.24) is 10.2 Å². The topological polar surface area (TPSA) is 50.8 Å². The molecule has 1 N–H and O–H groups in total. The van der Waals surface area contributed by atoms with Crippen molar-refractivity contribution in [3.8, 4) is 5.75 Å². The largest absolute Gasteiger partial charge is 0.496 e. The van der Waals surface area contributed by atoms with E-state index in [1.165, 1.54) is 0 Å². The number of ether oxygens (including phenoxy) is 2. The minimum Gasteiger partial charge on any atom is -0.496 e. The molecule has 5 nitrogen and oxygen atoms in total. The SMILES string of the molecule is COc1ccccc1[C@H](C)N[C@@H](C(=O)N1CCOCC1)C(C)C.